The smallest absolute Gasteiger partial charge is 0.227 e. The molecule has 0 fully saturated rings. The van der Waals surface area contributed by atoms with Gasteiger partial charge < -0.3 is 9.64 Å². The molecule has 0 atom stereocenters. The molecule has 19 heavy (non-hydrogen) atoms. The van der Waals surface area contributed by atoms with E-state index in [0.29, 0.717) is 25.5 Å². The lowest BCUT2D eigenvalue weighted by Gasteiger charge is -2.24. The highest BCUT2D eigenvalue weighted by molar-refractivity contribution is 5.78. The molecular weight excluding hydrogens is 238 g/mol. The SMILES string of the molecule is COCCN(CC(C)C)C(=O)Cc1ccc(C)cc1. The molecule has 106 valence electrons. The largest absolute Gasteiger partial charge is 0.383 e. The van der Waals surface area contributed by atoms with Crippen molar-refractivity contribution in [1.29, 1.82) is 0 Å². The number of nitrogens with zero attached hydrogens (tertiary/aromatic N) is 1. The number of methoxy groups -OCH3 is 1. The van der Waals surface area contributed by atoms with Crippen LogP contribution in [0.2, 0.25) is 0 Å². The van der Waals surface area contributed by atoms with Crippen molar-refractivity contribution < 1.29 is 9.53 Å². The van der Waals surface area contributed by atoms with Gasteiger partial charge in [-0.25, -0.2) is 0 Å². The van der Waals surface area contributed by atoms with Crippen molar-refractivity contribution in [2.45, 2.75) is 27.2 Å². The van der Waals surface area contributed by atoms with E-state index in [4.69, 9.17) is 4.74 Å². The van der Waals surface area contributed by atoms with Crippen LogP contribution in [0, 0.1) is 12.8 Å². The molecular formula is C16H25NO2. The maximum Gasteiger partial charge on any atom is 0.227 e. The fourth-order valence-corrected chi connectivity index (χ4v) is 1.95. The van der Waals surface area contributed by atoms with Gasteiger partial charge in [-0.1, -0.05) is 43.7 Å². The number of hydrogen-bond donors (Lipinski definition) is 0. The molecule has 1 aromatic carbocycles. The Hall–Kier alpha value is -1.35. The minimum absolute atomic E-state index is 0.176. The molecule has 1 rings (SSSR count). The van der Waals surface area contributed by atoms with E-state index < -0.39 is 0 Å². The second-order valence-electron chi connectivity index (χ2n) is 5.39. The van der Waals surface area contributed by atoms with Crippen LogP contribution in [0.1, 0.15) is 25.0 Å². The molecule has 1 aromatic rings. The molecule has 3 heteroatoms. The highest BCUT2D eigenvalue weighted by atomic mass is 16.5. The number of carbonyl (C=O) groups excluding carboxylic acids is 1. The first kappa shape index (κ1) is 15.7. The predicted molar refractivity (Wildman–Crippen MR) is 78.2 cm³/mol. The molecule has 0 saturated carbocycles. The van der Waals surface area contributed by atoms with Crippen molar-refractivity contribution in [3.8, 4) is 0 Å². The number of rotatable bonds is 7. The van der Waals surface area contributed by atoms with E-state index >= 15 is 0 Å². The molecule has 3 nitrogen and oxygen atoms in total. The number of ether oxygens (including phenoxy) is 1. The Kier molecular flexibility index (Phi) is 6.57. The average molecular weight is 263 g/mol. The van der Waals surface area contributed by atoms with Crippen LogP contribution in [-0.2, 0) is 16.0 Å². The lowest BCUT2D eigenvalue weighted by Crippen LogP contribution is -2.37. The van der Waals surface area contributed by atoms with Crippen LogP contribution in [0.25, 0.3) is 0 Å². The highest BCUT2D eigenvalue weighted by Gasteiger charge is 2.14. The summed E-state index contributed by atoms with van der Waals surface area (Å²) in [7, 11) is 1.66. The van der Waals surface area contributed by atoms with E-state index in [1.807, 2.05) is 29.2 Å². The number of benzene rings is 1. The Morgan fingerprint density at radius 1 is 1.26 bits per heavy atom. The van der Waals surface area contributed by atoms with Gasteiger partial charge in [0.25, 0.3) is 0 Å². The van der Waals surface area contributed by atoms with Crippen molar-refractivity contribution in [3.05, 3.63) is 35.4 Å². The summed E-state index contributed by atoms with van der Waals surface area (Å²) in [6, 6.07) is 8.14. The van der Waals surface area contributed by atoms with Crippen molar-refractivity contribution in [2.24, 2.45) is 5.92 Å². The highest BCUT2D eigenvalue weighted by Crippen LogP contribution is 2.07. The van der Waals surface area contributed by atoms with Gasteiger partial charge in [-0.05, 0) is 18.4 Å². The second kappa shape index (κ2) is 7.95. The van der Waals surface area contributed by atoms with E-state index in [0.717, 1.165) is 12.1 Å². The van der Waals surface area contributed by atoms with Gasteiger partial charge in [0.1, 0.15) is 0 Å². The molecule has 0 aliphatic carbocycles. The topological polar surface area (TPSA) is 29.5 Å². The lowest BCUT2D eigenvalue weighted by molar-refractivity contribution is -0.131. The van der Waals surface area contributed by atoms with Crippen LogP contribution in [0.3, 0.4) is 0 Å². The predicted octanol–water partition coefficient (Wildman–Crippen LogP) is 2.67. The van der Waals surface area contributed by atoms with Crippen LogP contribution in [0.15, 0.2) is 24.3 Å². The van der Waals surface area contributed by atoms with Crippen molar-refractivity contribution in [2.75, 3.05) is 26.8 Å². The fraction of sp³-hybridized carbons (Fsp3) is 0.562. The Bertz CT molecular complexity index is 384. The molecule has 0 bridgehead atoms. The number of hydrogen-bond acceptors (Lipinski definition) is 2. The first-order valence-corrected chi connectivity index (χ1v) is 6.85. The van der Waals surface area contributed by atoms with Crippen LogP contribution < -0.4 is 0 Å². The summed E-state index contributed by atoms with van der Waals surface area (Å²) in [5.74, 6) is 0.647. The van der Waals surface area contributed by atoms with Gasteiger partial charge in [0.05, 0.1) is 13.0 Å². The minimum Gasteiger partial charge on any atom is -0.383 e. The zero-order valence-electron chi connectivity index (χ0n) is 12.5. The Morgan fingerprint density at radius 2 is 1.89 bits per heavy atom. The van der Waals surface area contributed by atoms with Crippen LogP contribution >= 0.6 is 0 Å². The maximum atomic E-state index is 12.3. The fourth-order valence-electron chi connectivity index (χ4n) is 1.95. The molecule has 0 N–H and O–H groups in total. The quantitative estimate of drug-likeness (QED) is 0.757. The first-order chi connectivity index (χ1) is 9.02. The summed E-state index contributed by atoms with van der Waals surface area (Å²) in [6.07, 6.45) is 0.469. The van der Waals surface area contributed by atoms with Crippen molar-refractivity contribution >= 4 is 5.91 Å². The molecule has 0 aliphatic rings. The van der Waals surface area contributed by atoms with E-state index in [1.165, 1.54) is 5.56 Å². The molecule has 0 heterocycles. The normalized spacial score (nSPS) is 10.8. The third-order valence-electron chi connectivity index (χ3n) is 2.98. The van der Waals surface area contributed by atoms with Gasteiger partial charge in [-0.3, -0.25) is 4.79 Å². The molecule has 0 aliphatic heterocycles. The van der Waals surface area contributed by atoms with Gasteiger partial charge >= 0.3 is 0 Å². The maximum absolute atomic E-state index is 12.3. The van der Waals surface area contributed by atoms with Gasteiger partial charge in [-0.15, -0.1) is 0 Å². The van der Waals surface area contributed by atoms with E-state index in [2.05, 4.69) is 20.8 Å². The minimum atomic E-state index is 0.176. The van der Waals surface area contributed by atoms with Crippen LogP contribution in [0.4, 0.5) is 0 Å². The standard InChI is InChI=1S/C16H25NO2/c1-13(2)12-17(9-10-19-4)16(18)11-15-7-5-14(3)6-8-15/h5-8,13H,9-12H2,1-4H3. The van der Waals surface area contributed by atoms with Gasteiger partial charge in [0, 0.05) is 20.2 Å². The second-order valence-corrected chi connectivity index (χ2v) is 5.39. The van der Waals surface area contributed by atoms with E-state index in [1.54, 1.807) is 7.11 Å². The van der Waals surface area contributed by atoms with Crippen LogP contribution in [0.5, 0.6) is 0 Å². The summed E-state index contributed by atoms with van der Waals surface area (Å²) >= 11 is 0. The molecule has 0 aromatic heterocycles. The molecule has 0 unspecified atom stereocenters. The van der Waals surface area contributed by atoms with Gasteiger partial charge in [0.2, 0.25) is 5.91 Å². The third-order valence-corrected chi connectivity index (χ3v) is 2.98. The molecule has 0 saturated heterocycles. The Morgan fingerprint density at radius 3 is 2.42 bits per heavy atom. The summed E-state index contributed by atoms with van der Waals surface area (Å²) in [6.45, 7) is 8.34. The lowest BCUT2D eigenvalue weighted by atomic mass is 10.1. The Balaban J connectivity index is 2.62. The number of aryl methyl sites for hydroxylation is 1. The van der Waals surface area contributed by atoms with Crippen LogP contribution in [-0.4, -0.2) is 37.6 Å². The molecule has 1 amide bonds. The third kappa shape index (κ3) is 5.88. The Labute approximate surface area is 116 Å². The number of amides is 1. The summed E-state index contributed by atoms with van der Waals surface area (Å²) < 4.78 is 5.08. The summed E-state index contributed by atoms with van der Waals surface area (Å²) in [5.41, 5.74) is 2.29. The van der Waals surface area contributed by atoms with Crippen molar-refractivity contribution in [1.82, 2.24) is 4.90 Å². The van der Waals surface area contributed by atoms with Gasteiger partial charge in [0.15, 0.2) is 0 Å². The average Bonchev–Trinajstić information content (AvgIpc) is 2.36. The monoisotopic (exact) mass is 263 g/mol. The first-order valence-electron chi connectivity index (χ1n) is 6.85. The summed E-state index contributed by atoms with van der Waals surface area (Å²) in [5, 5.41) is 0. The molecule has 0 radical (unpaired) electrons. The zero-order valence-corrected chi connectivity index (χ0v) is 12.5. The van der Waals surface area contributed by atoms with Crippen molar-refractivity contribution in [3.63, 3.8) is 0 Å². The molecule has 0 spiro atoms. The zero-order chi connectivity index (χ0) is 14.3. The number of carbonyl (C=O) groups is 1. The van der Waals surface area contributed by atoms with E-state index in [-0.39, 0.29) is 5.91 Å². The summed E-state index contributed by atoms with van der Waals surface area (Å²) in [4.78, 5) is 14.2. The van der Waals surface area contributed by atoms with E-state index in [9.17, 15) is 4.79 Å². The van der Waals surface area contributed by atoms with Gasteiger partial charge in [-0.2, -0.15) is 0 Å².